The third-order valence-electron chi connectivity index (χ3n) is 4.57. The second-order valence-corrected chi connectivity index (χ2v) is 6.10. The highest BCUT2D eigenvalue weighted by Gasteiger charge is 2.34. The first-order chi connectivity index (χ1) is 11.9. The van der Waals surface area contributed by atoms with Crippen molar-refractivity contribution in [3.05, 3.63) is 41.5 Å². The monoisotopic (exact) mass is 349 g/mol. The van der Waals surface area contributed by atoms with Gasteiger partial charge in [-0.2, -0.15) is 18.4 Å². The van der Waals surface area contributed by atoms with Crippen LogP contribution >= 0.6 is 0 Å². The van der Waals surface area contributed by atoms with E-state index in [1.807, 2.05) is 16.4 Å². The Kier molecular flexibility index (Phi) is 4.66. The van der Waals surface area contributed by atoms with Crippen molar-refractivity contribution in [2.45, 2.75) is 38.4 Å². The second-order valence-electron chi connectivity index (χ2n) is 6.10. The molecule has 8 heteroatoms. The Bertz CT molecular complexity index is 790. The summed E-state index contributed by atoms with van der Waals surface area (Å²) in [6.07, 6.45) is -0.961. The van der Waals surface area contributed by atoms with E-state index in [9.17, 15) is 13.2 Å². The summed E-state index contributed by atoms with van der Waals surface area (Å²) in [4.78, 5) is 2.02. The van der Waals surface area contributed by atoms with Gasteiger partial charge >= 0.3 is 6.18 Å². The summed E-state index contributed by atoms with van der Waals surface area (Å²) in [6.45, 7) is 4.18. The van der Waals surface area contributed by atoms with Crippen molar-refractivity contribution in [3.8, 4) is 6.07 Å². The van der Waals surface area contributed by atoms with Crippen LogP contribution in [-0.4, -0.2) is 27.9 Å². The van der Waals surface area contributed by atoms with Gasteiger partial charge in [0.05, 0.1) is 17.2 Å². The normalized spacial score (nSPS) is 18.2. The lowest BCUT2D eigenvalue weighted by atomic mass is 9.96. The Hall–Kier alpha value is -2.56. The lowest BCUT2D eigenvalue weighted by Crippen LogP contribution is -2.35. The zero-order valence-electron chi connectivity index (χ0n) is 13.8. The number of aryl methyl sites for hydroxylation is 1. The first-order valence-corrected chi connectivity index (χ1v) is 8.18. The van der Waals surface area contributed by atoms with Crippen LogP contribution in [0.5, 0.6) is 0 Å². The second kappa shape index (κ2) is 6.75. The minimum Gasteiger partial charge on any atom is -0.371 e. The molecule has 1 aliphatic heterocycles. The molecular weight excluding hydrogens is 331 g/mol. The van der Waals surface area contributed by atoms with Crippen LogP contribution in [-0.2, 0) is 12.7 Å². The fraction of sp³-hybridized carbons (Fsp3) is 0.471. The molecule has 1 atom stereocenters. The van der Waals surface area contributed by atoms with Crippen molar-refractivity contribution in [2.24, 2.45) is 0 Å². The van der Waals surface area contributed by atoms with Gasteiger partial charge in [-0.1, -0.05) is 0 Å². The van der Waals surface area contributed by atoms with E-state index in [0.717, 1.165) is 37.8 Å². The molecule has 2 heterocycles. The molecule has 2 aromatic rings. The number of alkyl halides is 3. The van der Waals surface area contributed by atoms with Crippen LogP contribution in [0.2, 0.25) is 0 Å². The highest BCUT2D eigenvalue weighted by molar-refractivity contribution is 5.55. The number of benzene rings is 1. The smallest absolute Gasteiger partial charge is 0.371 e. The molecule has 1 aliphatic rings. The number of anilines is 1. The number of piperidine rings is 1. The molecule has 0 saturated carbocycles. The van der Waals surface area contributed by atoms with Crippen LogP contribution in [0, 0.1) is 11.3 Å². The van der Waals surface area contributed by atoms with E-state index < -0.39 is 11.7 Å². The number of nitriles is 1. The minimum atomic E-state index is -4.52. The van der Waals surface area contributed by atoms with Gasteiger partial charge in [-0.15, -0.1) is 10.2 Å². The van der Waals surface area contributed by atoms with Crippen molar-refractivity contribution in [3.63, 3.8) is 0 Å². The lowest BCUT2D eigenvalue weighted by molar-refractivity contribution is -0.137. The van der Waals surface area contributed by atoms with Crippen molar-refractivity contribution < 1.29 is 13.2 Å². The molecule has 5 nitrogen and oxygen atoms in total. The zero-order chi connectivity index (χ0) is 18.0. The van der Waals surface area contributed by atoms with Crippen molar-refractivity contribution >= 4 is 5.69 Å². The molecule has 3 rings (SSSR count). The summed E-state index contributed by atoms with van der Waals surface area (Å²) >= 11 is 0. The number of rotatable bonds is 3. The van der Waals surface area contributed by atoms with E-state index in [2.05, 4.69) is 10.2 Å². The summed E-state index contributed by atoms with van der Waals surface area (Å²) in [6, 6.07) is 5.43. The van der Waals surface area contributed by atoms with Crippen LogP contribution < -0.4 is 4.90 Å². The van der Waals surface area contributed by atoms with Crippen LogP contribution in [0.15, 0.2) is 24.5 Å². The van der Waals surface area contributed by atoms with Crippen LogP contribution in [0.25, 0.3) is 0 Å². The molecule has 0 bridgehead atoms. The Morgan fingerprint density at radius 2 is 2.16 bits per heavy atom. The van der Waals surface area contributed by atoms with E-state index >= 15 is 0 Å². The molecule has 0 amide bonds. The SMILES string of the molecule is CCn1cnnc1[C@H]1CCCN(c2ccc(C(F)(F)F)c(C#N)c2)C1. The van der Waals surface area contributed by atoms with E-state index in [1.165, 1.54) is 12.1 Å². The van der Waals surface area contributed by atoms with Crippen molar-refractivity contribution in [1.29, 1.82) is 5.26 Å². The van der Waals surface area contributed by atoms with E-state index in [0.29, 0.717) is 12.2 Å². The third kappa shape index (κ3) is 3.45. The summed E-state index contributed by atoms with van der Waals surface area (Å²) < 4.78 is 40.9. The molecule has 1 aromatic heterocycles. The topological polar surface area (TPSA) is 57.7 Å². The predicted molar refractivity (Wildman–Crippen MR) is 86.0 cm³/mol. The summed E-state index contributed by atoms with van der Waals surface area (Å²) in [5, 5.41) is 17.2. The summed E-state index contributed by atoms with van der Waals surface area (Å²) in [5.41, 5.74) is -0.598. The molecule has 132 valence electrons. The molecule has 25 heavy (non-hydrogen) atoms. The summed E-state index contributed by atoms with van der Waals surface area (Å²) in [7, 11) is 0. The molecule has 1 fully saturated rings. The Morgan fingerprint density at radius 3 is 2.84 bits per heavy atom. The molecular formula is C17H18F3N5. The molecule has 0 radical (unpaired) electrons. The average molecular weight is 349 g/mol. The largest absolute Gasteiger partial charge is 0.417 e. The van der Waals surface area contributed by atoms with Gasteiger partial charge in [0.15, 0.2) is 0 Å². The van der Waals surface area contributed by atoms with Crippen molar-refractivity contribution in [2.75, 3.05) is 18.0 Å². The molecule has 0 N–H and O–H groups in total. The number of aromatic nitrogens is 3. The van der Waals surface area contributed by atoms with Crippen LogP contribution in [0.4, 0.5) is 18.9 Å². The van der Waals surface area contributed by atoms with E-state index in [-0.39, 0.29) is 11.5 Å². The molecule has 0 unspecified atom stereocenters. The fourth-order valence-corrected chi connectivity index (χ4v) is 3.31. The van der Waals surface area contributed by atoms with Crippen molar-refractivity contribution in [1.82, 2.24) is 14.8 Å². The number of halogens is 3. The van der Waals surface area contributed by atoms with Gasteiger partial charge in [0, 0.05) is 31.2 Å². The van der Waals surface area contributed by atoms with Gasteiger partial charge in [-0.3, -0.25) is 0 Å². The summed E-state index contributed by atoms with van der Waals surface area (Å²) in [5.74, 6) is 1.07. The molecule has 0 spiro atoms. The number of nitrogens with zero attached hydrogens (tertiary/aromatic N) is 5. The predicted octanol–water partition coefficient (Wildman–Crippen LogP) is 3.57. The van der Waals surface area contributed by atoms with Gasteiger partial charge in [0.1, 0.15) is 12.2 Å². The van der Waals surface area contributed by atoms with Gasteiger partial charge in [-0.05, 0) is 38.0 Å². The first kappa shape index (κ1) is 17.3. The highest BCUT2D eigenvalue weighted by Crippen LogP contribution is 2.35. The average Bonchev–Trinajstić information content (AvgIpc) is 3.09. The highest BCUT2D eigenvalue weighted by atomic mass is 19.4. The number of hydrogen-bond donors (Lipinski definition) is 0. The quantitative estimate of drug-likeness (QED) is 0.850. The maximum Gasteiger partial charge on any atom is 0.417 e. The first-order valence-electron chi connectivity index (χ1n) is 8.18. The molecule has 0 aliphatic carbocycles. The maximum absolute atomic E-state index is 13.0. The Balaban J connectivity index is 1.86. The van der Waals surface area contributed by atoms with Crippen LogP contribution in [0.1, 0.15) is 42.6 Å². The molecule has 1 aromatic carbocycles. The van der Waals surface area contributed by atoms with Gasteiger partial charge < -0.3 is 9.47 Å². The van der Waals surface area contributed by atoms with Gasteiger partial charge in [0.25, 0.3) is 0 Å². The minimum absolute atomic E-state index is 0.170. The van der Waals surface area contributed by atoms with Crippen LogP contribution in [0.3, 0.4) is 0 Å². The standard InChI is InChI=1S/C17H18F3N5/c1-2-24-11-22-23-16(24)12-4-3-7-25(10-12)14-5-6-15(17(18,19)20)13(8-14)9-21/h5-6,8,11-12H,2-4,7,10H2,1H3/t12-/m0/s1. The van der Waals surface area contributed by atoms with E-state index in [1.54, 1.807) is 12.4 Å². The van der Waals surface area contributed by atoms with Gasteiger partial charge in [0.2, 0.25) is 0 Å². The Labute approximate surface area is 143 Å². The maximum atomic E-state index is 13.0. The van der Waals surface area contributed by atoms with Gasteiger partial charge in [-0.25, -0.2) is 0 Å². The van der Waals surface area contributed by atoms with E-state index in [4.69, 9.17) is 5.26 Å². The lowest BCUT2D eigenvalue weighted by Gasteiger charge is -2.34. The number of hydrogen-bond acceptors (Lipinski definition) is 4. The fourth-order valence-electron chi connectivity index (χ4n) is 3.31. The third-order valence-corrected chi connectivity index (χ3v) is 4.57. The zero-order valence-corrected chi connectivity index (χ0v) is 13.8. The Morgan fingerprint density at radius 1 is 1.36 bits per heavy atom. The molecule has 1 saturated heterocycles.